The second-order valence-electron chi connectivity index (χ2n) is 8.58. The molecule has 1 fully saturated rings. The Morgan fingerprint density at radius 2 is 1.73 bits per heavy atom. The Morgan fingerprint density at radius 1 is 1.00 bits per heavy atom. The summed E-state index contributed by atoms with van der Waals surface area (Å²) in [4.78, 5) is 25.2. The maximum absolute atomic E-state index is 13.8. The third-order valence-corrected chi connectivity index (χ3v) is 6.33. The fraction of sp³-hybridized carbons (Fsp3) is 0.333. The van der Waals surface area contributed by atoms with E-state index in [9.17, 15) is 19.1 Å². The zero-order valence-corrected chi connectivity index (χ0v) is 18.5. The van der Waals surface area contributed by atoms with Crippen LogP contribution in [0.3, 0.4) is 0 Å². The summed E-state index contributed by atoms with van der Waals surface area (Å²) < 4.78 is 21.0. The molecule has 1 aliphatic carbocycles. The van der Waals surface area contributed by atoms with Gasteiger partial charge in [-0.15, -0.1) is 0 Å². The fourth-order valence-corrected chi connectivity index (χ4v) is 4.47. The van der Waals surface area contributed by atoms with Crippen LogP contribution in [0.2, 0.25) is 0 Å². The molecule has 1 aromatic heterocycles. The molecule has 3 aromatic rings. The maximum atomic E-state index is 13.8. The molecule has 1 heterocycles. The number of aromatic nitrogens is 1. The predicted octanol–water partition coefficient (Wildman–Crippen LogP) is 5.84. The highest BCUT2D eigenvalue weighted by Crippen LogP contribution is 2.29. The molecule has 1 saturated carbocycles. The van der Waals surface area contributed by atoms with Gasteiger partial charge in [-0.05, 0) is 48.7 Å². The molecule has 0 amide bonds. The van der Waals surface area contributed by atoms with E-state index < -0.39 is 12.0 Å². The molecule has 1 unspecified atom stereocenters. The number of Topliss-reactive ketones (excluding diaryl/α,β-unsaturated/α-hetero) is 1. The Bertz CT molecular complexity index is 1100. The van der Waals surface area contributed by atoms with Gasteiger partial charge in [-0.2, -0.15) is 0 Å². The molecule has 1 atom stereocenters. The van der Waals surface area contributed by atoms with Gasteiger partial charge in [-0.25, -0.2) is 9.18 Å². The summed E-state index contributed by atoms with van der Waals surface area (Å²) in [6.45, 7) is 0.111. The molecule has 1 aliphatic rings. The third kappa shape index (κ3) is 5.51. The molecule has 33 heavy (non-hydrogen) atoms. The number of nitrogens with zero attached hydrogens (tertiary/aromatic N) is 1. The normalized spacial score (nSPS) is 15.2. The van der Waals surface area contributed by atoms with Crippen LogP contribution in [0.4, 0.5) is 4.39 Å². The van der Waals surface area contributed by atoms with E-state index >= 15 is 0 Å². The molecule has 1 N–H and O–H groups in total. The minimum absolute atomic E-state index is 0.0206. The number of carbonyl (C=O) groups is 2. The van der Waals surface area contributed by atoms with Crippen LogP contribution in [-0.4, -0.2) is 21.4 Å². The lowest BCUT2D eigenvalue weighted by Gasteiger charge is -2.23. The molecule has 0 saturated heterocycles. The average Bonchev–Trinajstić information content (AvgIpc) is 3.32. The summed E-state index contributed by atoms with van der Waals surface area (Å²) in [5.41, 5.74) is 1.75. The minimum atomic E-state index is -0.983. The van der Waals surface area contributed by atoms with Crippen molar-refractivity contribution in [2.75, 3.05) is 0 Å². The highest BCUT2D eigenvalue weighted by atomic mass is 19.1. The third-order valence-electron chi connectivity index (χ3n) is 6.33. The number of benzene rings is 2. The standard InChI is InChI=1S/C27H28FNO4/c28-23-10-5-4-9-21(23)18-33-22-14-12-19(13-15-22)17-25(27(31)32)29-16-6-11-24(29)26(30)20-7-2-1-3-8-20/h4-6,9-16,20,25H,1-3,7-8,17-18H2,(H,31,32). The van der Waals surface area contributed by atoms with Crippen molar-refractivity contribution in [3.05, 3.63) is 89.5 Å². The molecule has 0 aliphatic heterocycles. The molecule has 0 bridgehead atoms. The highest BCUT2D eigenvalue weighted by Gasteiger charge is 2.28. The van der Waals surface area contributed by atoms with Crippen LogP contribution >= 0.6 is 0 Å². The first-order chi connectivity index (χ1) is 16.0. The predicted molar refractivity (Wildman–Crippen MR) is 123 cm³/mol. The number of hydrogen-bond donors (Lipinski definition) is 1. The summed E-state index contributed by atoms with van der Waals surface area (Å²) in [7, 11) is 0. The highest BCUT2D eigenvalue weighted by molar-refractivity contribution is 5.97. The van der Waals surface area contributed by atoms with Gasteiger partial charge in [0.05, 0.1) is 5.69 Å². The lowest BCUT2D eigenvalue weighted by atomic mass is 9.85. The Balaban J connectivity index is 1.45. The van der Waals surface area contributed by atoms with Crippen molar-refractivity contribution >= 4 is 11.8 Å². The monoisotopic (exact) mass is 449 g/mol. The van der Waals surface area contributed by atoms with E-state index in [4.69, 9.17) is 4.74 Å². The minimum Gasteiger partial charge on any atom is -0.489 e. The van der Waals surface area contributed by atoms with Crippen LogP contribution in [0.15, 0.2) is 66.9 Å². The number of aliphatic carboxylic acids is 1. The quantitative estimate of drug-likeness (QED) is 0.417. The van der Waals surface area contributed by atoms with Crippen LogP contribution < -0.4 is 4.74 Å². The van der Waals surface area contributed by atoms with Gasteiger partial charge in [0, 0.05) is 24.1 Å². The van der Waals surface area contributed by atoms with Gasteiger partial charge in [0.2, 0.25) is 0 Å². The van der Waals surface area contributed by atoms with E-state index in [-0.39, 0.29) is 30.5 Å². The molecular formula is C27H28FNO4. The first-order valence-electron chi connectivity index (χ1n) is 11.4. The van der Waals surface area contributed by atoms with Gasteiger partial charge in [0.15, 0.2) is 5.78 Å². The van der Waals surface area contributed by atoms with Gasteiger partial charge in [0.25, 0.3) is 0 Å². The molecular weight excluding hydrogens is 421 g/mol. The van der Waals surface area contributed by atoms with Crippen LogP contribution in [0.1, 0.15) is 59.8 Å². The zero-order chi connectivity index (χ0) is 23.2. The second-order valence-corrected chi connectivity index (χ2v) is 8.58. The van der Waals surface area contributed by atoms with Crippen LogP contribution in [-0.2, 0) is 17.8 Å². The van der Waals surface area contributed by atoms with Gasteiger partial charge < -0.3 is 14.4 Å². The zero-order valence-electron chi connectivity index (χ0n) is 18.5. The maximum Gasteiger partial charge on any atom is 0.327 e. The Labute approximate surface area is 192 Å². The van der Waals surface area contributed by atoms with Gasteiger partial charge in [-0.1, -0.05) is 49.6 Å². The summed E-state index contributed by atoms with van der Waals surface area (Å²) in [5.74, 6) is -0.703. The Kier molecular flexibility index (Phi) is 7.23. The Morgan fingerprint density at radius 3 is 2.42 bits per heavy atom. The lowest BCUT2D eigenvalue weighted by Crippen LogP contribution is -2.27. The number of halogens is 1. The summed E-state index contributed by atoms with van der Waals surface area (Å²) in [6, 6.07) is 16.1. The number of carboxylic acid groups (broad SMARTS) is 1. The van der Waals surface area contributed by atoms with Crippen molar-refractivity contribution < 1.29 is 23.8 Å². The number of carboxylic acids is 1. The Hall–Kier alpha value is -3.41. The van der Waals surface area contributed by atoms with Crippen molar-refractivity contribution in [1.29, 1.82) is 0 Å². The van der Waals surface area contributed by atoms with Gasteiger partial charge in [-0.3, -0.25) is 4.79 Å². The SMILES string of the molecule is O=C(c1cccn1C(Cc1ccc(OCc2ccccc2F)cc1)C(=O)O)C1CCCCC1. The first kappa shape index (κ1) is 22.8. The molecule has 5 nitrogen and oxygen atoms in total. The van der Waals surface area contributed by atoms with E-state index in [2.05, 4.69) is 0 Å². The molecule has 0 spiro atoms. The summed E-state index contributed by atoms with van der Waals surface area (Å²) >= 11 is 0. The largest absolute Gasteiger partial charge is 0.489 e. The van der Waals surface area contributed by atoms with Crippen LogP contribution in [0, 0.1) is 11.7 Å². The topological polar surface area (TPSA) is 68.5 Å². The average molecular weight is 450 g/mol. The van der Waals surface area contributed by atoms with E-state index in [0.717, 1.165) is 37.7 Å². The van der Waals surface area contributed by atoms with Crippen molar-refractivity contribution in [3.8, 4) is 5.75 Å². The van der Waals surface area contributed by atoms with E-state index in [0.29, 0.717) is 17.0 Å². The lowest BCUT2D eigenvalue weighted by molar-refractivity contribution is -0.140. The van der Waals surface area contributed by atoms with Crippen LogP contribution in [0.25, 0.3) is 0 Å². The van der Waals surface area contributed by atoms with E-state index in [1.54, 1.807) is 65.4 Å². The smallest absolute Gasteiger partial charge is 0.327 e. The van der Waals surface area contributed by atoms with Crippen molar-refractivity contribution in [2.24, 2.45) is 5.92 Å². The number of ether oxygens (including phenoxy) is 1. The van der Waals surface area contributed by atoms with Crippen molar-refractivity contribution in [3.63, 3.8) is 0 Å². The van der Waals surface area contributed by atoms with Crippen molar-refractivity contribution in [2.45, 2.75) is 51.2 Å². The van der Waals surface area contributed by atoms with E-state index in [1.807, 2.05) is 0 Å². The number of rotatable bonds is 9. The number of carbonyl (C=O) groups excluding carboxylic acids is 1. The van der Waals surface area contributed by atoms with Gasteiger partial charge >= 0.3 is 5.97 Å². The molecule has 2 aromatic carbocycles. The van der Waals surface area contributed by atoms with Crippen molar-refractivity contribution in [1.82, 2.24) is 4.57 Å². The molecule has 172 valence electrons. The fourth-order valence-electron chi connectivity index (χ4n) is 4.47. The summed E-state index contributed by atoms with van der Waals surface area (Å²) in [5, 5.41) is 9.92. The second kappa shape index (κ2) is 10.5. The number of ketones is 1. The molecule has 0 radical (unpaired) electrons. The van der Waals surface area contributed by atoms with Crippen LogP contribution in [0.5, 0.6) is 5.75 Å². The molecule has 6 heteroatoms. The van der Waals surface area contributed by atoms with Gasteiger partial charge in [0.1, 0.15) is 24.2 Å². The first-order valence-corrected chi connectivity index (χ1v) is 11.4. The number of hydrogen-bond acceptors (Lipinski definition) is 3. The van der Waals surface area contributed by atoms with E-state index in [1.165, 1.54) is 6.07 Å². The molecule has 4 rings (SSSR count). The summed E-state index contributed by atoms with van der Waals surface area (Å²) in [6.07, 6.45) is 6.91.